The molecule has 0 heterocycles. The lowest BCUT2D eigenvalue weighted by Crippen LogP contribution is -2.25. The molecule has 132 valence electrons. The second-order valence-electron chi connectivity index (χ2n) is 5.63. The highest BCUT2D eigenvalue weighted by Crippen LogP contribution is 2.26. The van der Waals surface area contributed by atoms with Crippen LogP contribution < -0.4 is 14.9 Å². The molecule has 0 aromatic heterocycles. The summed E-state index contributed by atoms with van der Waals surface area (Å²) < 4.78 is 11.6. The van der Waals surface area contributed by atoms with Gasteiger partial charge in [-0.1, -0.05) is 12.1 Å². The van der Waals surface area contributed by atoms with Crippen molar-refractivity contribution in [2.24, 2.45) is 5.10 Å². The Morgan fingerprint density at radius 2 is 1.92 bits per heavy atom. The van der Waals surface area contributed by atoms with Crippen molar-refractivity contribution in [1.82, 2.24) is 5.43 Å². The predicted molar refractivity (Wildman–Crippen MR) is 103 cm³/mol. The number of hydrazone groups is 1. The van der Waals surface area contributed by atoms with Gasteiger partial charge in [0.25, 0.3) is 5.91 Å². The molecule has 1 amide bonds. The fraction of sp³-hybridized carbons (Fsp3) is 0.263. The molecule has 25 heavy (non-hydrogen) atoms. The lowest BCUT2D eigenvalue weighted by atomic mass is 10.1. The highest BCUT2D eigenvalue weighted by atomic mass is 79.9. The number of hydrogen-bond acceptors (Lipinski definition) is 4. The zero-order valence-corrected chi connectivity index (χ0v) is 16.3. The zero-order valence-electron chi connectivity index (χ0n) is 14.7. The molecule has 0 atom stereocenters. The number of halogens is 1. The molecule has 0 aliphatic carbocycles. The van der Waals surface area contributed by atoms with Gasteiger partial charge in [0.2, 0.25) is 0 Å². The lowest BCUT2D eigenvalue weighted by Gasteiger charge is -2.13. The number of nitrogens with one attached hydrogen (secondary N) is 1. The number of carbonyl (C=O) groups is 1. The summed E-state index contributed by atoms with van der Waals surface area (Å²) in [6, 6.07) is 9.53. The molecule has 0 aliphatic heterocycles. The molecule has 0 bridgehead atoms. The molecule has 0 spiro atoms. The zero-order chi connectivity index (χ0) is 18.4. The first-order valence-corrected chi connectivity index (χ1v) is 8.56. The van der Waals surface area contributed by atoms with Crippen molar-refractivity contribution in [3.8, 4) is 11.5 Å². The summed E-state index contributed by atoms with van der Waals surface area (Å²) in [6.07, 6.45) is 1.56. The first-order valence-electron chi connectivity index (χ1n) is 7.77. The monoisotopic (exact) mass is 404 g/mol. The third-order valence-electron chi connectivity index (χ3n) is 3.80. The van der Waals surface area contributed by atoms with Gasteiger partial charge in [-0.15, -0.1) is 0 Å². The van der Waals surface area contributed by atoms with Crippen LogP contribution in [0.15, 0.2) is 39.9 Å². The maximum Gasteiger partial charge on any atom is 0.277 e. The predicted octanol–water partition coefficient (Wildman–Crippen LogP) is 3.91. The molecule has 0 unspecified atom stereocenters. The highest BCUT2D eigenvalue weighted by molar-refractivity contribution is 9.10. The smallest absolute Gasteiger partial charge is 0.277 e. The summed E-state index contributed by atoms with van der Waals surface area (Å²) >= 11 is 3.40. The number of methoxy groups -OCH3 is 1. The van der Waals surface area contributed by atoms with Gasteiger partial charge in [0.15, 0.2) is 6.61 Å². The van der Waals surface area contributed by atoms with Crippen molar-refractivity contribution in [3.05, 3.63) is 57.1 Å². The van der Waals surface area contributed by atoms with Gasteiger partial charge in [-0.2, -0.15) is 5.10 Å². The van der Waals surface area contributed by atoms with Crippen LogP contribution in [-0.4, -0.2) is 25.8 Å². The van der Waals surface area contributed by atoms with Crippen LogP contribution in [0.4, 0.5) is 0 Å². The molecule has 2 aromatic carbocycles. The van der Waals surface area contributed by atoms with Gasteiger partial charge in [-0.3, -0.25) is 4.79 Å². The van der Waals surface area contributed by atoms with E-state index in [0.29, 0.717) is 0 Å². The van der Waals surface area contributed by atoms with E-state index in [1.165, 1.54) is 0 Å². The van der Waals surface area contributed by atoms with E-state index in [2.05, 4.69) is 26.5 Å². The van der Waals surface area contributed by atoms with Crippen LogP contribution in [0, 0.1) is 20.8 Å². The average Bonchev–Trinajstić information content (AvgIpc) is 2.58. The molecular weight excluding hydrogens is 384 g/mol. The Bertz CT molecular complexity index is 803. The van der Waals surface area contributed by atoms with Crippen LogP contribution in [-0.2, 0) is 4.79 Å². The second kappa shape index (κ2) is 8.67. The van der Waals surface area contributed by atoms with E-state index < -0.39 is 0 Å². The molecule has 0 fully saturated rings. The minimum Gasteiger partial charge on any atom is -0.496 e. The number of hydrogen-bond donors (Lipinski definition) is 1. The number of carbonyl (C=O) groups excluding carboxylic acids is 1. The number of rotatable bonds is 6. The maximum atomic E-state index is 11.9. The van der Waals surface area contributed by atoms with Gasteiger partial charge < -0.3 is 9.47 Å². The fourth-order valence-corrected chi connectivity index (χ4v) is 2.82. The fourth-order valence-electron chi connectivity index (χ4n) is 2.26. The standard InChI is InChI=1S/C19H21BrN2O3/c1-12-5-6-13(2)19(14(12)3)25-11-18(23)22-21-10-15-7-8-17(24-4)16(20)9-15/h5-10H,11H2,1-4H3,(H,22,23). The van der Waals surface area contributed by atoms with Gasteiger partial charge in [-0.05, 0) is 77.2 Å². The Morgan fingerprint density at radius 1 is 1.20 bits per heavy atom. The summed E-state index contributed by atoms with van der Waals surface area (Å²) in [5.74, 6) is 1.17. The minimum atomic E-state index is -0.316. The summed E-state index contributed by atoms with van der Waals surface area (Å²) in [4.78, 5) is 11.9. The van der Waals surface area contributed by atoms with E-state index >= 15 is 0 Å². The molecule has 5 nitrogen and oxygen atoms in total. The van der Waals surface area contributed by atoms with Crippen molar-refractivity contribution in [2.75, 3.05) is 13.7 Å². The van der Waals surface area contributed by atoms with Gasteiger partial charge in [0.05, 0.1) is 17.8 Å². The van der Waals surface area contributed by atoms with Crippen molar-refractivity contribution < 1.29 is 14.3 Å². The molecule has 0 aliphatic rings. The average molecular weight is 405 g/mol. The van der Waals surface area contributed by atoms with Crippen molar-refractivity contribution >= 4 is 28.1 Å². The highest BCUT2D eigenvalue weighted by Gasteiger charge is 2.08. The molecule has 2 aromatic rings. The first-order chi connectivity index (χ1) is 11.9. The molecule has 6 heteroatoms. The number of benzene rings is 2. The molecule has 1 N–H and O–H groups in total. The van der Waals surface area contributed by atoms with E-state index in [0.717, 1.165) is 38.2 Å². The molecular formula is C19H21BrN2O3. The Morgan fingerprint density at radius 3 is 2.60 bits per heavy atom. The van der Waals surface area contributed by atoms with Crippen LogP contribution >= 0.6 is 15.9 Å². The second-order valence-corrected chi connectivity index (χ2v) is 6.48. The van der Waals surface area contributed by atoms with Gasteiger partial charge >= 0.3 is 0 Å². The summed E-state index contributed by atoms with van der Waals surface area (Å²) in [5.41, 5.74) is 6.47. The number of ether oxygens (including phenoxy) is 2. The third-order valence-corrected chi connectivity index (χ3v) is 4.42. The quantitative estimate of drug-likeness (QED) is 0.586. The Hall–Kier alpha value is -2.34. The Kier molecular flexibility index (Phi) is 6.58. The van der Waals surface area contributed by atoms with E-state index in [1.807, 2.05) is 51.1 Å². The Labute approximate surface area is 156 Å². The van der Waals surface area contributed by atoms with E-state index in [9.17, 15) is 4.79 Å². The van der Waals surface area contributed by atoms with Gasteiger partial charge in [0.1, 0.15) is 11.5 Å². The summed E-state index contributed by atoms with van der Waals surface area (Å²) in [5, 5.41) is 3.95. The normalized spacial score (nSPS) is 10.8. The van der Waals surface area contributed by atoms with Crippen molar-refractivity contribution in [1.29, 1.82) is 0 Å². The summed E-state index contributed by atoms with van der Waals surface area (Å²) in [6.45, 7) is 5.86. The number of aryl methyl sites for hydroxylation is 2. The van der Waals surface area contributed by atoms with Gasteiger partial charge in [-0.25, -0.2) is 5.43 Å². The van der Waals surface area contributed by atoms with Crippen LogP contribution in [0.3, 0.4) is 0 Å². The van der Waals surface area contributed by atoms with Crippen molar-refractivity contribution in [3.63, 3.8) is 0 Å². The lowest BCUT2D eigenvalue weighted by molar-refractivity contribution is -0.123. The van der Waals surface area contributed by atoms with Gasteiger partial charge in [0, 0.05) is 0 Å². The van der Waals surface area contributed by atoms with Crippen LogP contribution in [0.1, 0.15) is 22.3 Å². The Balaban J connectivity index is 1.91. The minimum absolute atomic E-state index is 0.0885. The van der Waals surface area contributed by atoms with Crippen molar-refractivity contribution in [2.45, 2.75) is 20.8 Å². The third kappa shape index (κ3) is 5.06. The van der Waals surface area contributed by atoms with Crippen LogP contribution in [0.5, 0.6) is 11.5 Å². The largest absolute Gasteiger partial charge is 0.496 e. The molecule has 0 saturated heterocycles. The molecule has 0 radical (unpaired) electrons. The first kappa shape index (κ1) is 19.0. The number of nitrogens with zero attached hydrogens (tertiary/aromatic N) is 1. The number of amides is 1. The van der Waals surface area contributed by atoms with E-state index in [-0.39, 0.29) is 12.5 Å². The molecule has 2 rings (SSSR count). The van der Waals surface area contributed by atoms with E-state index in [4.69, 9.17) is 9.47 Å². The van der Waals surface area contributed by atoms with E-state index in [1.54, 1.807) is 13.3 Å². The van der Waals surface area contributed by atoms with Crippen LogP contribution in [0.25, 0.3) is 0 Å². The van der Waals surface area contributed by atoms with Crippen LogP contribution in [0.2, 0.25) is 0 Å². The maximum absolute atomic E-state index is 11.9. The topological polar surface area (TPSA) is 59.9 Å². The molecule has 0 saturated carbocycles. The SMILES string of the molecule is COc1ccc(C=NNC(=O)COc2c(C)ccc(C)c2C)cc1Br. The summed E-state index contributed by atoms with van der Waals surface area (Å²) in [7, 11) is 1.60.